The van der Waals surface area contributed by atoms with Gasteiger partial charge in [-0.05, 0) is 31.6 Å². The second kappa shape index (κ2) is 7.71. The first-order valence-electron chi connectivity index (χ1n) is 6.13. The third-order valence-electron chi connectivity index (χ3n) is 3.14. The van der Waals surface area contributed by atoms with Gasteiger partial charge in [0.25, 0.3) is 0 Å². The van der Waals surface area contributed by atoms with Crippen LogP contribution in [0.1, 0.15) is 25.7 Å². The number of halogens is 1. The molecule has 4 nitrogen and oxygen atoms in total. The first kappa shape index (κ1) is 15.4. The average Bonchev–Trinajstić information content (AvgIpc) is 2.30. The summed E-state index contributed by atoms with van der Waals surface area (Å²) in [7, 11) is -1.47. The van der Waals surface area contributed by atoms with Crippen molar-refractivity contribution in [3.63, 3.8) is 0 Å². The summed E-state index contributed by atoms with van der Waals surface area (Å²) in [6.45, 7) is 1.90. The van der Waals surface area contributed by atoms with E-state index in [1.165, 1.54) is 0 Å². The summed E-state index contributed by atoms with van der Waals surface area (Å²) in [5.41, 5.74) is 0. The molecule has 1 fully saturated rings. The van der Waals surface area contributed by atoms with Crippen LogP contribution in [0.4, 0.5) is 0 Å². The van der Waals surface area contributed by atoms with Crippen molar-refractivity contribution >= 4 is 26.0 Å². The van der Waals surface area contributed by atoms with Crippen LogP contribution >= 0.6 is 15.9 Å². The van der Waals surface area contributed by atoms with Crippen LogP contribution in [0.25, 0.3) is 0 Å². The van der Waals surface area contributed by atoms with Crippen molar-refractivity contribution in [1.82, 2.24) is 4.31 Å². The Kier molecular flexibility index (Phi) is 6.99. The smallest absolute Gasteiger partial charge is 0.214 e. The number of alkyl halides is 1. The maximum atomic E-state index is 12.1. The highest BCUT2D eigenvalue weighted by Gasteiger charge is 2.27. The summed E-state index contributed by atoms with van der Waals surface area (Å²) < 4.78 is 30.7. The minimum Gasteiger partial charge on any atom is -0.385 e. The van der Waals surface area contributed by atoms with E-state index >= 15 is 0 Å². The fourth-order valence-corrected chi connectivity index (χ4v) is 4.42. The van der Waals surface area contributed by atoms with Crippen LogP contribution in [0.15, 0.2) is 0 Å². The molecule has 0 aliphatic carbocycles. The molecule has 1 rings (SSSR count). The van der Waals surface area contributed by atoms with Gasteiger partial charge in [0.1, 0.15) is 0 Å². The van der Waals surface area contributed by atoms with E-state index < -0.39 is 10.0 Å². The third kappa shape index (κ3) is 5.24. The van der Waals surface area contributed by atoms with Gasteiger partial charge in [0, 0.05) is 32.1 Å². The number of rotatable bonds is 7. The Bertz CT molecular complexity index is 306. The Morgan fingerprint density at radius 2 is 2.24 bits per heavy atom. The van der Waals surface area contributed by atoms with E-state index in [2.05, 4.69) is 15.9 Å². The van der Waals surface area contributed by atoms with E-state index in [1.54, 1.807) is 11.4 Å². The molecular weight excluding hydrogens is 306 g/mol. The lowest BCUT2D eigenvalue weighted by Crippen LogP contribution is -2.41. The molecule has 6 heteroatoms. The molecule has 0 saturated carbocycles. The van der Waals surface area contributed by atoms with Gasteiger partial charge in [-0.2, -0.15) is 0 Å². The second-order valence-corrected chi connectivity index (χ2v) is 7.39. The maximum absolute atomic E-state index is 12.1. The zero-order valence-electron chi connectivity index (χ0n) is 10.4. The Morgan fingerprint density at radius 1 is 1.47 bits per heavy atom. The predicted molar refractivity (Wildman–Crippen MR) is 73.0 cm³/mol. The van der Waals surface area contributed by atoms with E-state index in [1.807, 2.05) is 0 Å². The Labute approximate surface area is 113 Å². The van der Waals surface area contributed by atoms with Gasteiger partial charge in [-0.3, -0.25) is 0 Å². The fraction of sp³-hybridized carbons (Fsp3) is 1.00. The minimum absolute atomic E-state index is 0.210. The van der Waals surface area contributed by atoms with Gasteiger partial charge in [-0.1, -0.05) is 15.9 Å². The molecule has 1 aliphatic rings. The number of ether oxygens (including phenoxy) is 1. The van der Waals surface area contributed by atoms with Crippen LogP contribution in [-0.2, 0) is 14.8 Å². The summed E-state index contributed by atoms with van der Waals surface area (Å²) in [5.74, 6) is 0.724. The summed E-state index contributed by atoms with van der Waals surface area (Å²) in [6.07, 6.45) is 3.78. The van der Waals surface area contributed by atoms with Gasteiger partial charge < -0.3 is 4.74 Å². The van der Waals surface area contributed by atoms with Crippen molar-refractivity contribution in [1.29, 1.82) is 0 Å². The zero-order valence-corrected chi connectivity index (χ0v) is 12.8. The number of piperidine rings is 1. The molecule has 1 atom stereocenters. The van der Waals surface area contributed by atoms with Crippen molar-refractivity contribution in [2.24, 2.45) is 5.92 Å². The molecule has 1 heterocycles. The van der Waals surface area contributed by atoms with Crippen LogP contribution in [-0.4, -0.2) is 50.6 Å². The Hall–Kier alpha value is 0.350. The quantitative estimate of drug-likeness (QED) is 0.529. The molecule has 0 N–H and O–H groups in total. The number of methoxy groups -OCH3 is 1. The molecule has 1 aliphatic heterocycles. The highest BCUT2D eigenvalue weighted by Crippen LogP contribution is 2.22. The lowest BCUT2D eigenvalue weighted by atomic mass is 9.97. The van der Waals surface area contributed by atoms with E-state index in [0.29, 0.717) is 32.0 Å². The van der Waals surface area contributed by atoms with Gasteiger partial charge in [0.2, 0.25) is 10.0 Å². The normalized spacial score (nSPS) is 22.8. The molecule has 102 valence electrons. The molecule has 0 bridgehead atoms. The average molecular weight is 328 g/mol. The van der Waals surface area contributed by atoms with Crippen LogP contribution < -0.4 is 0 Å². The number of nitrogens with zero attached hydrogens (tertiary/aromatic N) is 1. The minimum atomic E-state index is -3.07. The molecular formula is C11H22BrNO3S. The van der Waals surface area contributed by atoms with Crippen molar-refractivity contribution < 1.29 is 13.2 Å². The van der Waals surface area contributed by atoms with E-state index in [-0.39, 0.29) is 5.75 Å². The van der Waals surface area contributed by atoms with Crippen LogP contribution in [0.5, 0.6) is 0 Å². The first-order valence-corrected chi connectivity index (χ1v) is 8.86. The van der Waals surface area contributed by atoms with E-state index in [9.17, 15) is 8.42 Å². The fourth-order valence-electron chi connectivity index (χ4n) is 2.18. The van der Waals surface area contributed by atoms with Gasteiger partial charge >= 0.3 is 0 Å². The molecule has 0 radical (unpaired) electrons. The van der Waals surface area contributed by atoms with Gasteiger partial charge in [0.15, 0.2) is 0 Å². The molecule has 1 unspecified atom stereocenters. The standard InChI is InChI=1S/C11H22BrNO3S/c1-16-8-3-9-17(14,15)13-7-2-4-11(10-13)5-6-12/h11H,2-10H2,1H3. The van der Waals surface area contributed by atoms with E-state index in [4.69, 9.17) is 4.74 Å². The molecule has 0 spiro atoms. The number of hydrogen-bond acceptors (Lipinski definition) is 3. The lowest BCUT2D eigenvalue weighted by Gasteiger charge is -2.31. The molecule has 1 saturated heterocycles. The van der Waals surface area contributed by atoms with Crippen molar-refractivity contribution in [2.45, 2.75) is 25.7 Å². The highest BCUT2D eigenvalue weighted by atomic mass is 79.9. The molecule has 0 aromatic heterocycles. The van der Waals surface area contributed by atoms with Crippen LogP contribution in [0.3, 0.4) is 0 Å². The van der Waals surface area contributed by atoms with Crippen molar-refractivity contribution in [3.05, 3.63) is 0 Å². The summed E-state index contributed by atoms with van der Waals surface area (Å²) in [6, 6.07) is 0. The van der Waals surface area contributed by atoms with Crippen LogP contribution in [0.2, 0.25) is 0 Å². The highest BCUT2D eigenvalue weighted by molar-refractivity contribution is 9.09. The number of sulfonamides is 1. The van der Waals surface area contributed by atoms with E-state index in [0.717, 1.165) is 24.6 Å². The molecule has 0 aromatic carbocycles. The first-order chi connectivity index (χ1) is 8.10. The van der Waals surface area contributed by atoms with Crippen molar-refractivity contribution in [3.8, 4) is 0 Å². The monoisotopic (exact) mass is 327 g/mol. The van der Waals surface area contributed by atoms with Crippen LogP contribution in [0, 0.1) is 5.92 Å². The topological polar surface area (TPSA) is 46.6 Å². The van der Waals surface area contributed by atoms with Gasteiger partial charge in [0.05, 0.1) is 5.75 Å². The van der Waals surface area contributed by atoms with Gasteiger partial charge in [-0.25, -0.2) is 12.7 Å². The van der Waals surface area contributed by atoms with Crippen molar-refractivity contribution in [2.75, 3.05) is 37.9 Å². The Balaban J connectivity index is 2.46. The number of hydrogen-bond donors (Lipinski definition) is 0. The second-order valence-electron chi connectivity index (χ2n) is 4.51. The summed E-state index contributed by atoms with van der Waals surface area (Å²) in [5, 5.41) is 0.954. The SMILES string of the molecule is COCCCS(=O)(=O)N1CCCC(CCBr)C1. The molecule has 0 amide bonds. The zero-order chi connectivity index (χ0) is 12.7. The summed E-state index contributed by atoms with van der Waals surface area (Å²) in [4.78, 5) is 0. The van der Waals surface area contributed by atoms with Gasteiger partial charge in [-0.15, -0.1) is 0 Å². The Morgan fingerprint density at radius 3 is 2.88 bits per heavy atom. The summed E-state index contributed by atoms with van der Waals surface area (Å²) >= 11 is 3.42. The lowest BCUT2D eigenvalue weighted by molar-refractivity contribution is 0.198. The largest absolute Gasteiger partial charge is 0.385 e. The predicted octanol–water partition coefficient (Wildman–Crippen LogP) is 1.85. The molecule has 0 aromatic rings. The third-order valence-corrected chi connectivity index (χ3v) is 5.52. The maximum Gasteiger partial charge on any atom is 0.214 e. The molecule has 17 heavy (non-hydrogen) atoms.